The number of aliphatic hydroxyl groups is 1. The molecule has 3 aromatic carbocycles. The highest BCUT2D eigenvalue weighted by atomic mass is 35.5. The van der Waals surface area contributed by atoms with Crippen molar-refractivity contribution in [2.24, 2.45) is 0 Å². The van der Waals surface area contributed by atoms with Crippen molar-refractivity contribution in [3.8, 4) is 17.2 Å². The molecule has 3 aromatic rings. The second-order valence-corrected chi connectivity index (χ2v) is 8.85. The summed E-state index contributed by atoms with van der Waals surface area (Å²) in [7, 11) is 0. The fraction of sp³-hybridized carbons (Fsp3) is 0.231. The van der Waals surface area contributed by atoms with Crippen molar-refractivity contribution in [2.45, 2.75) is 31.3 Å². The summed E-state index contributed by atoms with van der Waals surface area (Å²) in [5, 5.41) is 20.6. The predicted octanol–water partition coefficient (Wildman–Crippen LogP) is 6.43. The second kappa shape index (κ2) is 10.5. The molecule has 0 amide bonds. The number of ketones is 1. The maximum Gasteiger partial charge on any atom is 0.311 e. The molecule has 1 heterocycles. The van der Waals surface area contributed by atoms with Gasteiger partial charge in [0.2, 0.25) is 0 Å². The molecule has 0 spiro atoms. The van der Waals surface area contributed by atoms with Crippen LogP contribution in [-0.4, -0.2) is 28.6 Å². The maximum absolute atomic E-state index is 12.5. The van der Waals surface area contributed by atoms with E-state index in [2.05, 4.69) is 0 Å². The first-order chi connectivity index (χ1) is 16.3. The molecule has 0 radical (unpaired) electrons. The molecule has 1 aliphatic rings. The molecule has 6 nitrogen and oxygen atoms in total. The Morgan fingerprint density at radius 3 is 2.44 bits per heavy atom. The van der Waals surface area contributed by atoms with E-state index in [9.17, 15) is 19.8 Å². The van der Waals surface area contributed by atoms with Gasteiger partial charge in [-0.15, -0.1) is 0 Å². The minimum absolute atomic E-state index is 0.0977. The number of fused-ring (bicyclic) bond motifs is 1. The van der Waals surface area contributed by atoms with Crippen LogP contribution in [0.4, 0.5) is 0 Å². The number of aliphatic hydroxyl groups excluding tert-OH is 1. The number of carbonyl (C=O) groups excluding carboxylic acids is 1. The molecule has 8 heteroatoms. The molecule has 0 saturated heterocycles. The maximum atomic E-state index is 12.5. The lowest BCUT2D eigenvalue weighted by atomic mass is 9.93. The summed E-state index contributed by atoms with van der Waals surface area (Å²) in [6.45, 7) is 0.300. The molecule has 0 fully saturated rings. The molecule has 0 aromatic heterocycles. The van der Waals surface area contributed by atoms with Crippen LogP contribution in [0, 0.1) is 0 Å². The highest BCUT2D eigenvalue weighted by Gasteiger charge is 2.29. The molecule has 2 N–H and O–H groups in total. The van der Waals surface area contributed by atoms with E-state index in [1.54, 1.807) is 60.7 Å². The lowest BCUT2D eigenvalue weighted by Crippen LogP contribution is -2.20. The summed E-state index contributed by atoms with van der Waals surface area (Å²) in [4.78, 5) is 24.0. The Hall–Kier alpha value is -3.06. The minimum atomic E-state index is -0.921. The van der Waals surface area contributed by atoms with Crippen LogP contribution in [0.25, 0.3) is 0 Å². The van der Waals surface area contributed by atoms with Crippen LogP contribution in [-0.2, 0) is 4.79 Å². The number of ether oxygens (including phenoxy) is 2. The van der Waals surface area contributed by atoms with Crippen molar-refractivity contribution in [3.05, 3.63) is 87.4 Å². The summed E-state index contributed by atoms with van der Waals surface area (Å²) < 4.78 is 11.4. The standard InChI is InChI=1S/C26H22Cl2O6/c27-17-5-1-15(2-6-17)22(29)9-10-23(30)16-3-7-18(8-4-16)34-25-14-24-20(13-21(25)28)19(26(31)32)11-12-33-24/h1-8,13-14,19,22,29H,9-12H2,(H,31,32). The number of benzene rings is 3. The SMILES string of the molecule is O=C(CCC(O)c1ccc(Cl)cc1)c1ccc(Oc2cc3c(cc2Cl)C(C(=O)O)CCO3)cc1. The zero-order valence-corrected chi connectivity index (χ0v) is 19.6. The Labute approximate surface area is 206 Å². The highest BCUT2D eigenvalue weighted by Crippen LogP contribution is 2.41. The lowest BCUT2D eigenvalue weighted by Gasteiger charge is -2.24. The van der Waals surface area contributed by atoms with Crippen molar-refractivity contribution in [3.63, 3.8) is 0 Å². The molecular formula is C26H22Cl2O6. The van der Waals surface area contributed by atoms with Crippen LogP contribution in [0.2, 0.25) is 10.0 Å². The van der Waals surface area contributed by atoms with Gasteiger partial charge in [-0.2, -0.15) is 0 Å². The summed E-state index contributed by atoms with van der Waals surface area (Å²) in [5.74, 6) is -0.459. The highest BCUT2D eigenvalue weighted by molar-refractivity contribution is 6.32. The molecule has 34 heavy (non-hydrogen) atoms. The Kier molecular flexibility index (Phi) is 7.41. The monoisotopic (exact) mass is 500 g/mol. The zero-order chi connectivity index (χ0) is 24.2. The molecule has 2 atom stereocenters. The van der Waals surface area contributed by atoms with E-state index in [1.807, 2.05) is 0 Å². The molecule has 0 saturated carbocycles. The molecule has 1 aliphatic heterocycles. The van der Waals surface area contributed by atoms with Crippen molar-refractivity contribution in [1.82, 2.24) is 0 Å². The smallest absolute Gasteiger partial charge is 0.311 e. The number of halogens is 2. The first-order valence-electron chi connectivity index (χ1n) is 10.8. The Morgan fingerprint density at radius 2 is 1.76 bits per heavy atom. The van der Waals surface area contributed by atoms with Gasteiger partial charge in [0.25, 0.3) is 0 Å². The number of hydrogen-bond donors (Lipinski definition) is 2. The van der Waals surface area contributed by atoms with Crippen molar-refractivity contribution in [2.75, 3.05) is 6.61 Å². The summed E-state index contributed by atoms with van der Waals surface area (Å²) in [5.41, 5.74) is 1.74. The first kappa shape index (κ1) is 24.1. The van der Waals surface area contributed by atoms with Gasteiger partial charge in [0.05, 0.1) is 23.7 Å². The predicted molar refractivity (Wildman–Crippen MR) is 128 cm³/mol. The topological polar surface area (TPSA) is 93.1 Å². The van der Waals surface area contributed by atoms with Gasteiger partial charge in [-0.3, -0.25) is 9.59 Å². The van der Waals surface area contributed by atoms with Crippen molar-refractivity contribution < 1.29 is 29.3 Å². The number of carboxylic acid groups (broad SMARTS) is 1. The number of carbonyl (C=O) groups is 2. The van der Waals surface area contributed by atoms with E-state index in [-0.39, 0.29) is 17.2 Å². The molecule has 4 rings (SSSR count). The van der Waals surface area contributed by atoms with E-state index in [1.165, 1.54) is 0 Å². The molecule has 2 unspecified atom stereocenters. The van der Waals surface area contributed by atoms with E-state index in [0.717, 1.165) is 0 Å². The quantitative estimate of drug-likeness (QED) is 0.346. The number of carboxylic acids is 1. The third-order valence-corrected chi connectivity index (χ3v) is 6.25. The Balaban J connectivity index is 1.39. The average Bonchev–Trinajstić information content (AvgIpc) is 2.83. The number of Topliss-reactive ketones (excluding diaryl/α,β-unsaturated/α-hetero) is 1. The van der Waals surface area contributed by atoms with Crippen molar-refractivity contribution >= 4 is 35.0 Å². The number of aliphatic carboxylic acids is 1. The average molecular weight is 501 g/mol. The summed E-state index contributed by atoms with van der Waals surface area (Å²) in [6.07, 6.45) is 0.104. The number of rotatable bonds is 8. The van der Waals surface area contributed by atoms with Crippen LogP contribution in [0.1, 0.15) is 52.8 Å². The lowest BCUT2D eigenvalue weighted by molar-refractivity contribution is -0.139. The van der Waals surface area contributed by atoms with E-state index < -0.39 is 18.0 Å². The van der Waals surface area contributed by atoms with Gasteiger partial charge in [-0.1, -0.05) is 35.3 Å². The molecule has 0 aliphatic carbocycles. The van der Waals surface area contributed by atoms with Crippen LogP contribution < -0.4 is 9.47 Å². The van der Waals surface area contributed by atoms with Gasteiger partial charge in [-0.05, 0) is 60.9 Å². The zero-order valence-electron chi connectivity index (χ0n) is 18.0. The first-order valence-corrected chi connectivity index (χ1v) is 11.5. The third kappa shape index (κ3) is 5.53. The van der Waals surface area contributed by atoms with Crippen LogP contribution >= 0.6 is 23.2 Å². The van der Waals surface area contributed by atoms with Gasteiger partial charge in [0, 0.05) is 28.6 Å². The van der Waals surface area contributed by atoms with Gasteiger partial charge in [0.15, 0.2) is 5.78 Å². The molecule has 0 bridgehead atoms. The van der Waals surface area contributed by atoms with E-state index >= 15 is 0 Å². The molecular weight excluding hydrogens is 479 g/mol. The normalized spacial score (nSPS) is 15.7. The fourth-order valence-corrected chi connectivity index (χ4v) is 4.16. The minimum Gasteiger partial charge on any atom is -0.493 e. The second-order valence-electron chi connectivity index (χ2n) is 8.00. The fourth-order valence-electron chi connectivity index (χ4n) is 3.82. The van der Waals surface area contributed by atoms with Crippen LogP contribution in [0.15, 0.2) is 60.7 Å². The summed E-state index contributed by atoms with van der Waals surface area (Å²) in [6, 6.07) is 16.6. The van der Waals surface area contributed by atoms with Gasteiger partial charge >= 0.3 is 5.97 Å². The Bertz CT molecular complexity index is 1190. The van der Waals surface area contributed by atoms with Crippen molar-refractivity contribution in [1.29, 1.82) is 0 Å². The van der Waals surface area contributed by atoms with Crippen LogP contribution in [0.5, 0.6) is 17.2 Å². The molecule has 176 valence electrons. The third-order valence-electron chi connectivity index (χ3n) is 5.71. The Morgan fingerprint density at radius 1 is 1.06 bits per heavy atom. The van der Waals surface area contributed by atoms with Gasteiger partial charge in [-0.25, -0.2) is 0 Å². The van der Waals surface area contributed by atoms with Crippen LogP contribution in [0.3, 0.4) is 0 Å². The number of hydrogen-bond acceptors (Lipinski definition) is 5. The van der Waals surface area contributed by atoms with E-state index in [0.29, 0.717) is 58.4 Å². The van der Waals surface area contributed by atoms with Gasteiger partial charge in [0.1, 0.15) is 17.2 Å². The van der Waals surface area contributed by atoms with Gasteiger partial charge < -0.3 is 19.7 Å². The summed E-state index contributed by atoms with van der Waals surface area (Å²) >= 11 is 12.2. The largest absolute Gasteiger partial charge is 0.493 e. The van der Waals surface area contributed by atoms with E-state index in [4.69, 9.17) is 32.7 Å².